The van der Waals surface area contributed by atoms with Gasteiger partial charge >= 0.3 is 0 Å². The fourth-order valence-corrected chi connectivity index (χ4v) is 3.25. The highest BCUT2D eigenvalue weighted by Crippen LogP contribution is 2.30. The van der Waals surface area contributed by atoms with E-state index in [-0.39, 0.29) is 0 Å². The van der Waals surface area contributed by atoms with E-state index in [1.165, 1.54) is 24.3 Å². The van der Waals surface area contributed by atoms with E-state index in [1.807, 2.05) is 0 Å². The van der Waals surface area contributed by atoms with Crippen molar-refractivity contribution in [1.29, 1.82) is 0 Å². The Morgan fingerprint density at radius 3 is 2.40 bits per heavy atom. The molecule has 0 spiro atoms. The van der Waals surface area contributed by atoms with E-state index < -0.39 is 0 Å². The van der Waals surface area contributed by atoms with Gasteiger partial charge in [-0.1, -0.05) is 0 Å². The molecular weight excluding hydrogens is 142 g/mol. The quantitative estimate of drug-likeness (QED) is 0.521. The standard InChI is InChI=1S/C8H14NS/c1-9-7-3-2-4-8(9)6-10-5-7/h2,7-8H,3-6H2,1H3. The summed E-state index contributed by atoms with van der Waals surface area (Å²) in [6.45, 7) is 0. The summed E-state index contributed by atoms with van der Waals surface area (Å²) < 4.78 is 0. The Morgan fingerprint density at radius 1 is 1.30 bits per heavy atom. The van der Waals surface area contributed by atoms with Gasteiger partial charge in [-0.2, -0.15) is 11.8 Å². The summed E-state index contributed by atoms with van der Waals surface area (Å²) in [5, 5.41) is 0. The van der Waals surface area contributed by atoms with Crippen molar-refractivity contribution < 1.29 is 0 Å². The van der Waals surface area contributed by atoms with Gasteiger partial charge in [-0.15, -0.1) is 0 Å². The van der Waals surface area contributed by atoms with Crippen LogP contribution in [0.25, 0.3) is 0 Å². The van der Waals surface area contributed by atoms with Crippen LogP contribution in [0.2, 0.25) is 0 Å². The maximum absolute atomic E-state index is 2.57. The van der Waals surface area contributed by atoms with Gasteiger partial charge in [0.2, 0.25) is 0 Å². The van der Waals surface area contributed by atoms with Gasteiger partial charge in [-0.05, 0) is 26.3 Å². The van der Waals surface area contributed by atoms with Crippen molar-refractivity contribution in [2.75, 3.05) is 18.6 Å². The van der Waals surface area contributed by atoms with Gasteiger partial charge in [0.15, 0.2) is 0 Å². The van der Waals surface area contributed by atoms with Gasteiger partial charge in [0.25, 0.3) is 0 Å². The molecule has 1 nitrogen and oxygen atoms in total. The third-order valence-corrected chi connectivity index (χ3v) is 3.89. The average molecular weight is 156 g/mol. The van der Waals surface area contributed by atoms with Crippen LogP contribution in [0.1, 0.15) is 12.8 Å². The molecule has 2 atom stereocenters. The Labute approximate surface area is 67.2 Å². The van der Waals surface area contributed by atoms with Crippen molar-refractivity contribution in [2.45, 2.75) is 24.9 Å². The normalized spacial score (nSPS) is 41.7. The van der Waals surface area contributed by atoms with Crippen molar-refractivity contribution in [3.8, 4) is 0 Å². The average Bonchev–Trinajstić information content (AvgIpc) is 1.86. The van der Waals surface area contributed by atoms with E-state index in [2.05, 4.69) is 30.1 Å². The third kappa shape index (κ3) is 1.08. The first-order valence-corrected chi connectivity index (χ1v) is 5.15. The lowest BCUT2D eigenvalue weighted by Gasteiger charge is -2.43. The van der Waals surface area contributed by atoms with Crippen LogP contribution in [-0.4, -0.2) is 35.5 Å². The van der Waals surface area contributed by atoms with E-state index in [1.54, 1.807) is 0 Å². The van der Waals surface area contributed by atoms with Gasteiger partial charge in [0.1, 0.15) is 0 Å². The van der Waals surface area contributed by atoms with Crippen molar-refractivity contribution in [1.82, 2.24) is 4.90 Å². The molecule has 2 unspecified atom stereocenters. The Balaban J connectivity index is 2.05. The number of hydrogen-bond acceptors (Lipinski definition) is 2. The predicted octanol–water partition coefficient (Wildman–Crippen LogP) is 1.40. The Bertz CT molecular complexity index is 104. The minimum atomic E-state index is 0.859. The molecule has 2 aliphatic rings. The molecule has 2 bridgehead atoms. The lowest BCUT2D eigenvalue weighted by Crippen LogP contribution is -2.49. The smallest absolute Gasteiger partial charge is 0.0189 e. The predicted molar refractivity (Wildman–Crippen MR) is 46.2 cm³/mol. The third-order valence-electron chi connectivity index (χ3n) is 2.65. The molecule has 0 amide bonds. The fourth-order valence-electron chi connectivity index (χ4n) is 1.82. The van der Waals surface area contributed by atoms with Crippen LogP contribution in [0.3, 0.4) is 0 Å². The van der Waals surface area contributed by atoms with Gasteiger partial charge in [0, 0.05) is 23.6 Å². The summed E-state index contributed by atoms with van der Waals surface area (Å²) in [4.78, 5) is 2.57. The molecule has 0 saturated carbocycles. The van der Waals surface area contributed by atoms with Crippen molar-refractivity contribution in [2.24, 2.45) is 0 Å². The van der Waals surface area contributed by atoms with E-state index >= 15 is 0 Å². The van der Waals surface area contributed by atoms with Crippen LogP contribution in [0.4, 0.5) is 0 Å². The van der Waals surface area contributed by atoms with Crippen LogP contribution < -0.4 is 0 Å². The minimum Gasteiger partial charge on any atom is -0.299 e. The summed E-state index contributed by atoms with van der Waals surface area (Å²) in [6, 6.07) is 1.72. The topological polar surface area (TPSA) is 3.24 Å². The van der Waals surface area contributed by atoms with Crippen LogP contribution in [0.5, 0.6) is 0 Å². The molecule has 0 N–H and O–H groups in total. The number of nitrogens with zero attached hydrogens (tertiary/aromatic N) is 1. The van der Waals surface area contributed by atoms with Gasteiger partial charge in [-0.25, -0.2) is 0 Å². The molecule has 0 aromatic carbocycles. The zero-order valence-corrected chi connectivity index (χ0v) is 7.23. The molecule has 2 saturated heterocycles. The zero-order chi connectivity index (χ0) is 6.97. The van der Waals surface area contributed by atoms with E-state index in [9.17, 15) is 0 Å². The number of fused-ring (bicyclic) bond motifs is 2. The Kier molecular flexibility index (Phi) is 1.92. The summed E-state index contributed by atoms with van der Waals surface area (Å²) in [6.07, 6.45) is 5.11. The lowest BCUT2D eigenvalue weighted by atomic mass is 9.98. The maximum Gasteiger partial charge on any atom is 0.0189 e. The molecule has 2 fully saturated rings. The SMILES string of the molecule is CN1C2C[CH]CC1CSC2. The highest BCUT2D eigenvalue weighted by molar-refractivity contribution is 7.99. The van der Waals surface area contributed by atoms with Crippen LogP contribution in [0.15, 0.2) is 0 Å². The number of thioether (sulfide) groups is 1. The molecule has 0 aliphatic carbocycles. The first-order valence-electron chi connectivity index (χ1n) is 3.99. The first-order chi connectivity index (χ1) is 4.88. The number of piperidine rings is 1. The number of hydrogen-bond donors (Lipinski definition) is 0. The Hall–Kier alpha value is 0.310. The van der Waals surface area contributed by atoms with Crippen molar-refractivity contribution in [3.63, 3.8) is 0 Å². The minimum absolute atomic E-state index is 0.859. The summed E-state index contributed by atoms with van der Waals surface area (Å²) in [5.41, 5.74) is 0. The van der Waals surface area contributed by atoms with E-state index in [0.717, 1.165) is 12.1 Å². The van der Waals surface area contributed by atoms with Crippen LogP contribution in [0, 0.1) is 6.42 Å². The molecule has 10 heavy (non-hydrogen) atoms. The lowest BCUT2D eigenvalue weighted by molar-refractivity contribution is 0.163. The second-order valence-electron chi connectivity index (χ2n) is 3.27. The molecule has 2 aliphatic heterocycles. The maximum atomic E-state index is 2.57. The largest absolute Gasteiger partial charge is 0.299 e. The van der Waals surface area contributed by atoms with Gasteiger partial charge in [0.05, 0.1) is 0 Å². The van der Waals surface area contributed by atoms with Crippen molar-refractivity contribution in [3.05, 3.63) is 6.42 Å². The zero-order valence-electron chi connectivity index (χ0n) is 6.42. The van der Waals surface area contributed by atoms with Crippen LogP contribution >= 0.6 is 11.8 Å². The molecule has 1 radical (unpaired) electrons. The summed E-state index contributed by atoms with van der Waals surface area (Å²) in [5.74, 6) is 2.70. The summed E-state index contributed by atoms with van der Waals surface area (Å²) >= 11 is 2.13. The fraction of sp³-hybridized carbons (Fsp3) is 0.875. The molecule has 2 heteroatoms. The molecule has 0 aromatic heterocycles. The van der Waals surface area contributed by atoms with Crippen LogP contribution in [-0.2, 0) is 0 Å². The van der Waals surface area contributed by atoms with E-state index in [0.29, 0.717) is 0 Å². The second kappa shape index (κ2) is 2.74. The van der Waals surface area contributed by atoms with Crippen molar-refractivity contribution >= 4 is 11.8 Å². The van der Waals surface area contributed by atoms with Gasteiger partial charge < -0.3 is 0 Å². The molecule has 2 heterocycles. The molecular formula is C8H14NS. The monoisotopic (exact) mass is 156 g/mol. The molecule has 2 rings (SSSR count). The summed E-state index contributed by atoms with van der Waals surface area (Å²) in [7, 11) is 2.28. The number of rotatable bonds is 0. The first kappa shape index (κ1) is 6.99. The van der Waals surface area contributed by atoms with E-state index in [4.69, 9.17) is 0 Å². The highest BCUT2D eigenvalue weighted by Gasteiger charge is 2.30. The second-order valence-corrected chi connectivity index (χ2v) is 4.35. The molecule has 57 valence electrons. The van der Waals surface area contributed by atoms with Gasteiger partial charge in [-0.3, -0.25) is 4.90 Å². The highest BCUT2D eigenvalue weighted by atomic mass is 32.2. The Morgan fingerprint density at radius 2 is 1.90 bits per heavy atom. The molecule has 0 aromatic rings.